The number of aromatic hydroxyl groups is 2. The lowest BCUT2D eigenvalue weighted by atomic mass is 9.95. The molecule has 146 valence electrons. The van der Waals surface area contributed by atoms with Gasteiger partial charge in [0.2, 0.25) is 11.7 Å². The molecular formula is C22H22FNO4. The third kappa shape index (κ3) is 3.54. The van der Waals surface area contributed by atoms with Gasteiger partial charge in [-0.2, -0.15) is 0 Å². The fraction of sp³-hybridized carbons (Fsp3) is 0.318. The van der Waals surface area contributed by atoms with Crippen molar-refractivity contribution in [1.82, 2.24) is 4.57 Å². The molecule has 0 unspecified atom stereocenters. The first-order valence-corrected chi connectivity index (χ1v) is 9.53. The number of carbonyl (C=O) groups is 1. The van der Waals surface area contributed by atoms with Crippen molar-refractivity contribution >= 4 is 5.78 Å². The Labute approximate surface area is 162 Å². The first-order chi connectivity index (χ1) is 13.5. The van der Waals surface area contributed by atoms with E-state index in [-0.39, 0.29) is 29.1 Å². The Kier molecular flexibility index (Phi) is 4.94. The fourth-order valence-corrected chi connectivity index (χ4v) is 3.84. The number of nitrogens with zero attached hydrogens (tertiary/aromatic N) is 1. The van der Waals surface area contributed by atoms with Crippen LogP contribution in [0.15, 0.2) is 47.0 Å². The summed E-state index contributed by atoms with van der Waals surface area (Å²) in [6, 6.07) is 9.40. The topological polar surface area (TPSA) is 75.6 Å². The fourth-order valence-electron chi connectivity index (χ4n) is 3.84. The molecule has 5 nitrogen and oxygen atoms in total. The number of aromatic nitrogens is 1. The molecule has 0 radical (unpaired) electrons. The molecule has 1 aromatic carbocycles. The number of carbonyl (C=O) groups excluding carboxylic acids is 1. The highest BCUT2D eigenvalue weighted by Gasteiger charge is 2.27. The Balaban J connectivity index is 1.55. The van der Waals surface area contributed by atoms with Crippen LogP contribution in [0.1, 0.15) is 65.6 Å². The van der Waals surface area contributed by atoms with Gasteiger partial charge in [0.1, 0.15) is 11.6 Å². The molecule has 2 N–H and O–H groups in total. The number of benzene rings is 1. The van der Waals surface area contributed by atoms with E-state index < -0.39 is 11.5 Å². The van der Waals surface area contributed by atoms with E-state index in [0.717, 1.165) is 31.2 Å². The molecule has 2 aromatic heterocycles. The Morgan fingerprint density at radius 2 is 1.79 bits per heavy atom. The molecule has 1 fully saturated rings. The van der Waals surface area contributed by atoms with Crippen molar-refractivity contribution in [2.75, 3.05) is 0 Å². The smallest absolute Gasteiger partial charge is 0.235 e. The first-order valence-electron chi connectivity index (χ1n) is 9.53. The van der Waals surface area contributed by atoms with Gasteiger partial charge < -0.3 is 19.2 Å². The average molecular weight is 383 g/mol. The molecule has 1 aliphatic carbocycles. The van der Waals surface area contributed by atoms with Crippen LogP contribution in [0, 0.1) is 5.82 Å². The SMILES string of the molecule is O=C(c1ccc(Cc2ccc(F)cc2)o1)c1cn(C2CCCCC2)c(O)c1O. The molecule has 0 spiro atoms. The summed E-state index contributed by atoms with van der Waals surface area (Å²) >= 11 is 0. The quantitative estimate of drug-likeness (QED) is 0.611. The van der Waals surface area contributed by atoms with Gasteiger partial charge in [0.25, 0.3) is 0 Å². The third-order valence-electron chi connectivity index (χ3n) is 5.37. The van der Waals surface area contributed by atoms with E-state index in [0.29, 0.717) is 12.2 Å². The summed E-state index contributed by atoms with van der Waals surface area (Å²) in [6.07, 6.45) is 7.07. The van der Waals surface area contributed by atoms with Crippen LogP contribution < -0.4 is 0 Å². The van der Waals surface area contributed by atoms with Crippen molar-refractivity contribution < 1.29 is 23.8 Å². The minimum absolute atomic E-state index is 0.0331. The molecular weight excluding hydrogens is 361 g/mol. The van der Waals surface area contributed by atoms with Crippen LogP contribution in [0.3, 0.4) is 0 Å². The van der Waals surface area contributed by atoms with Gasteiger partial charge in [-0.25, -0.2) is 4.39 Å². The second kappa shape index (κ2) is 7.54. The number of halogens is 1. The highest BCUT2D eigenvalue weighted by molar-refractivity contribution is 6.09. The number of rotatable bonds is 5. The van der Waals surface area contributed by atoms with E-state index >= 15 is 0 Å². The van der Waals surface area contributed by atoms with Crippen molar-refractivity contribution in [3.05, 3.63) is 71.1 Å². The van der Waals surface area contributed by atoms with Gasteiger partial charge in [-0.1, -0.05) is 31.4 Å². The Morgan fingerprint density at radius 1 is 1.07 bits per heavy atom. The molecule has 0 amide bonds. The predicted molar refractivity (Wildman–Crippen MR) is 101 cm³/mol. The zero-order valence-electron chi connectivity index (χ0n) is 15.4. The van der Waals surface area contributed by atoms with Gasteiger partial charge in [0, 0.05) is 18.7 Å². The van der Waals surface area contributed by atoms with E-state index in [9.17, 15) is 19.4 Å². The second-order valence-corrected chi connectivity index (χ2v) is 7.31. The molecule has 3 aromatic rings. The van der Waals surface area contributed by atoms with Gasteiger partial charge in [-0.15, -0.1) is 0 Å². The lowest BCUT2D eigenvalue weighted by molar-refractivity contribution is 0.100. The van der Waals surface area contributed by atoms with Crippen molar-refractivity contribution in [2.45, 2.75) is 44.6 Å². The van der Waals surface area contributed by atoms with Gasteiger partial charge in [-0.3, -0.25) is 4.79 Å². The minimum Gasteiger partial charge on any atom is -0.503 e. The summed E-state index contributed by atoms with van der Waals surface area (Å²) < 4.78 is 20.3. The molecule has 0 aliphatic heterocycles. The molecule has 1 saturated carbocycles. The molecule has 0 atom stereocenters. The number of ketones is 1. The lowest BCUT2D eigenvalue weighted by Gasteiger charge is -2.23. The predicted octanol–water partition coefficient (Wildman–Crippen LogP) is 4.96. The molecule has 4 rings (SSSR count). The normalized spacial score (nSPS) is 15.0. The van der Waals surface area contributed by atoms with Gasteiger partial charge in [0.05, 0.1) is 5.56 Å². The Hall–Kier alpha value is -3.02. The van der Waals surface area contributed by atoms with Crippen LogP contribution in [0.4, 0.5) is 4.39 Å². The van der Waals surface area contributed by atoms with Crippen molar-refractivity contribution in [1.29, 1.82) is 0 Å². The zero-order valence-corrected chi connectivity index (χ0v) is 15.4. The van der Waals surface area contributed by atoms with Crippen LogP contribution in [-0.4, -0.2) is 20.6 Å². The Morgan fingerprint density at radius 3 is 2.50 bits per heavy atom. The summed E-state index contributed by atoms with van der Waals surface area (Å²) in [5, 5.41) is 20.6. The minimum atomic E-state index is -0.479. The summed E-state index contributed by atoms with van der Waals surface area (Å²) in [6.45, 7) is 0. The molecule has 2 heterocycles. The molecule has 1 aliphatic rings. The second-order valence-electron chi connectivity index (χ2n) is 7.31. The summed E-state index contributed by atoms with van der Waals surface area (Å²) in [4.78, 5) is 12.8. The monoisotopic (exact) mass is 383 g/mol. The van der Waals surface area contributed by atoms with Crippen molar-refractivity contribution in [3.8, 4) is 11.6 Å². The lowest BCUT2D eigenvalue weighted by Crippen LogP contribution is -2.11. The molecule has 6 heteroatoms. The molecule has 0 saturated heterocycles. The van der Waals surface area contributed by atoms with Crippen LogP contribution in [0.5, 0.6) is 11.6 Å². The van der Waals surface area contributed by atoms with Crippen molar-refractivity contribution in [3.63, 3.8) is 0 Å². The molecule has 0 bridgehead atoms. The highest BCUT2D eigenvalue weighted by atomic mass is 19.1. The summed E-state index contributed by atoms with van der Waals surface area (Å²) in [5.74, 6) is -0.816. The van der Waals surface area contributed by atoms with E-state index in [1.165, 1.54) is 24.8 Å². The van der Waals surface area contributed by atoms with Gasteiger partial charge in [0.15, 0.2) is 11.5 Å². The van der Waals surface area contributed by atoms with E-state index in [4.69, 9.17) is 4.42 Å². The summed E-state index contributed by atoms with van der Waals surface area (Å²) in [5.41, 5.74) is 0.893. The van der Waals surface area contributed by atoms with Gasteiger partial charge in [-0.05, 0) is 42.7 Å². The highest BCUT2D eigenvalue weighted by Crippen LogP contribution is 2.39. The van der Waals surface area contributed by atoms with Crippen LogP contribution >= 0.6 is 0 Å². The van der Waals surface area contributed by atoms with Gasteiger partial charge >= 0.3 is 0 Å². The van der Waals surface area contributed by atoms with E-state index in [1.807, 2.05) is 0 Å². The standard InChI is InChI=1S/C22H22FNO4/c23-15-8-6-14(7-9-15)12-17-10-11-19(28-17)20(25)18-13-24(22(27)21(18)26)16-4-2-1-3-5-16/h6-11,13,16,26-27H,1-5,12H2. The number of hydrogen-bond donors (Lipinski definition) is 2. The molecule has 28 heavy (non-hydrogen) atoms. The summed E-state index contributed by atoms with van der Waals surface area (Å²) in [7, 11) is 0. The van der Waals surface area contributed by atoms with E-state index in [2.05, 4.69) is 0 Å². The van der Waals surface area contributed by atoms with Crippen LogP contribution in [0.2, 0.25) is 0 Å². The maximum Gasteiger partial charge on any atom is 0.235 e. The average Bonchev–Trinajstić information content (AvgIpc) is 3.29. The zero-order chi connectivity index (χ0) is 19.7. The van der Waals surface area contributed by atoms with E-state index in [1.54, 1.807) is 28.8 Å². The van der Waals surface area contributed by atoms with Crippen LogP contribution in [-0.2, 0) is 6.42 Å². The third-order valence-corrected chi connectivity index (χ3v) is 5.37. The number of furan rings is 1. The number of hydrogen-bond acceptors (Lipinski definition) is 4. The maximum atomic E-state index is 13.0. The Bertz CT molecular complexity index is 981. The van der Waals surface area contributed by atoms with Crippen molar-refractivity contribution in [2.24, 2.45) is 0 Å². The maximum absolute atomic E-state index is 13.0. The largest absolute Gasteiger partial charge is 0.503 e. The van der Waals surface area contributed by atoms with Crippen LogP contribution in [0.25, 0.3) is 0 Å². The first kappa shape index (κ1) is 18.3.